The largest absolute Gasteiger partial charge is 0.416 e. The van der Waals surface area contributed by atoms with Gasteiger partial charge in [0.05, 0.1) is 22.1 Å². The molecule has 2 rings (SSSR count). The SMILES string of the molecule is CNc1ccc([N+](=O)[O-])cc1C(=O)NC(C)c1cccc(C(F)(F)F)c1. The van der Waals surface area contributed by atoms with Gasteiger partial charge in [-0.25, -0.2) is 0 Å². The quantitative estimate of drug-likeness (QED) is 0.614. The molecule has 9 heteroatoms. The van der Waals surface area contributed by atoms with Gasteiger partial charge in [0, 0.05) is 24.9 Å². The summed E-state index contributed by atoms with van der Waals surface area (Å²) in [5.74, 6) is -0.636. The first-order valence-electron chi connectivity index (χ1n) is 7.57. The zero-order valence-electron chi connectivity index (χ0n) is 13.9. The summed E-state index contributed by atoms with van der Waals surface area (Å²) < 4.78 is 38.5. The van der Waals surface area contributed by atoms with E-state index in [1.54, 1.807) is 7.05 Å². The molecule has 0 aliphatic heterocycles. The normalized spacial score (nSPS) is 12.3. The van der Waals surface area contributed by atoms with Crippen molar-refractivity contribution in [2.24, 2.45) is 0 Å². The number of anilines is 1. The van der Waals surface area contributed by atoms with E-state index in [2.05, 4.69) is 10.6 Å². The second kappa shape index (κ2) is 7.42. The number of benzene rings is 2. The first-order chi connectivity index (χ1) is 12.1. The summed E-state index contributed by atoms with van der Waals surface area (Å²) in [5.41, 5.74) is -0.419. The van der Waals surface area contributed by atoms with Crippen molar-refractivity contribution in [3.05, 3.63) is 69.3 Å². The molecule has 2 N–H and O–H groups in total. The van der Waals surface area contributed by atoms with Crippen LogP contribution in [-0.4, -0.2) is 17.9 Å². The Kier molecular flexibility index (Phi) is 5.49. The molecule has 1 atom stereocenters. The highest BCUT2D eigenvalue weighted by molar-refractivity contribution is 6.00. The number of nitro benzene ring substituents is 1. The Balaban J connectivity index is 2.27. The molecule has 0 fully saturated rings. The average Bonchev–Trinajstić information content (AvgIpc) is 2.60. The minimum Gasteiger partial charge on any atom is -0.387 e. The number of amides is 1. The van der Waals surface area contributed by atoms with Gasteiger partial charge < -0.3 is 10.6 Å². The lowest BCUT2D eigenvalue weighted by molar-refractivity contribution is -0.384. The molecule has 0 bridgehead atoms. The van der Waals surface area contributed by atoms with E-state index in [1.165, 1.54) is 31.2 Å². The number of carbonyl (C=O) groups is 1. The van der Waals surface area contributed by atoms with Gasteiger partial charge in [-0.05, 0) is 30.7 Å². The lowest BCUT2D eigenvalue weighted by Crippen LogP contribution is -2.27. The van der Waals surface area contributed by atoms with Crippen LogP contribution in [0, 0.1) is 10.1 Å². The van der Waals surface area contributed by atoms with Crippen LogP contribution in [0.3, 0.4) is 0 Å². The Morgan fingerprint density at radius 3 is 2.46 bits per heavy atom. The first kappa shape index (κ1) is 19.2. The Bertz CT molecular complexity index is 837. The van der Waals surface area contributed by atoms with Crippen molar-refractivity contribution < 1.29 is 22.9 Å². The summed E-state index contributed by atoms with van der Waals surface area (Å²) in [6, 6.07) is 7.64. The van der Waals surface area contributed by atoms with Crippen molar-refractivity contribution in [1.29, 1.82) is 0 Å². The number of rotatable bonds is 5. The highest BCUT2D eigenvalue weighted by atomic mass is 19.4. The Labute approximate surface area is 147 Å². The summed E-state index contributed by atoms with van der Waals surface area (Å²) in [7, 11) is 1.55. The van der Waals surface area contributed by atoms with Gasteiger partial charge in [-0.1, -0.05) is 12.1 Å². The summed E-state index contributed by atoms with van der Waals surface area (Å²) >= 11 is 0. The van der Waals surface area contributed by atoms with Gasteiger partial charge in [0.25, 0.3) is 11.6 Å². The van der Waals surface area contributed by atoms with E-state index in [4.69, 9.17) is 0 Å². The minimum absolute atomic E-state index is 0.0283. The third kappa shape index (κ3) is 4.29. The fourth-order valence-corrected chi connectivity index (χ4v) is 2.39. The third-order valence-corrected chi connectivity index (χ3v) is 3.79. The molecule has 6 nitrogen and oxygen atoms in total. The fourth-order valence-electron chi connectivity index (χ4n) is 2.39. The number of hydrogen-bond acceptors (Lipinski definition) is 4. The lowest BCUT2D eigenvalue weighted by Gasteiger charge is -2.17. The molecule has 0 saturated heterocycles. The zero-order chi connectivity index (χ0) is 19.5. The molecule has 0 aromatic heterocycles. The maximum absolute atomic E-state index is 12.8. The number of alkyl halides is 3. The van der Waals surface area contributed by atoms with Crippen LogP contribution in [0.2, 0.25) is 0 Å². The maximum atomic E-state index is 12.8. The number of carbonyl (C=O) groups excluding carboxylic acids is 1. The highest BCUT2D eigenvalue weighted by Gasteiger charge is 2.30. The van der Waals surface area contributed by atoms with Gasteiger partial charge in [0.15, 0.2) is 0 Å². The van der Waals surface area contributed by atoms with E-state index in [-0.39, 0.29) is 16.8 Å². The summed E-state index contributed by atoms with van der Waals surface area (Å²) in [6.07, 6.45) is -4.49. The molecule has 1 unspecified atom stereocenters. The predicted molar refractivity (Wildman–Crippen MR) is 90.0 cm³/mol. The standard InChI is InChI=1S/C17H16F3N3O3/c1-10(11-4-3-5-12(8-11)17(18,19)20)22-16(24)14-9-13(23(25)26)6-7-15(14)21-2/h3-10,21H,1-2H3,(H,22,24). The fraction of sp³-hybridized carbons (Fsp3) is 0.235. The number of nitrogens with one attached hydrogen (secondary N) is 2. The van der Waals surface area contributed by atoms with Crippen LogP contribution in [-0.2, 0) is 6.18 Å². The van der Waals surface area contributed by atoms with Gasteiger partial charge in [0.1, 0.15) is 0 Å². The van der Waals surface area contributed by atoms with Crippen LogP contribution in [0.1, 0.15) is 34.5 Å². The van der Waals surface area contributed by atoms with Crippen molar-refractivity contribution in [1.82, 2.24) is 5.32 Å². The number of hydrogen-bond donors (Lipinski definition) is 2. The second-order valence-corrected chi connectivity index (χ2v) is 5.56. The molecule has 0 spiro atoms. The van der Waals surface area contributed by atoms with Crippen molar-refractivity contribution in [3.63, 3.8) is 0 Å². The second-order valence-electron chi connectivity index (χ2n) is 5.56. The molecule has 1 amide bonds. The van der Waals surface area contributed by atoms with Gasteiger partial charge in [0.2, 0.25) is 0 Å². The minimum atomic E-state index is -4.49. The van der Waals surface area contributed by atoms with E-state index in [0.717, 1.165) is 18.2 Å². The lowest BCUT2D eigenvalue weighted by atomic mass is 10.0. The Morgan fingerprint density at radius 2 is 1.88 bits per heavy atom. The van der Waals surface area contributed by atoms with Crippen LogP contribution in [0.4, 0.5) is 24.5 Å². The topological polar surface area (TPSA) is 84.3 Å². The number of halogens is 3. The van der Waals surface area contributed by atoms with E-state index >= 15 is 0 Å². The van der Waals surface area contributed by atoms with Crippen LogP contribution in [0.15, 0.2) is 42.5 Å². The summed E-state index contributed by atoms with van der Waals surface area (Å²) in [6.45, 7) is 1.53. The van der Waals surface area contributed by atoms with Crippen LogP contribution in [0.5, 0.6) is 0 Å². The van der Waals surface area contributed by atoms with Crippen molar-refractivity contribution in [2.75, 3.05) is 12.4 Å². The van der Waals surface area contributed by atoms with Gasteiger partial charge in [-0.2, -0.15) is 13.2 Å². The monoisotopic (exact) mass is 367 g/mol. The van der Waals surface area contributed by atoms with E-state index < -0.39 is 28.6 Å². The van der Waals surface area contributed by atoms with Gasteiger partial charge in [-0.3, -0.25) is 14.9 Å². The Morgan fingerprint density at radius 1 is 1.19 bits per heavy atom. The van der Waals surface area contributed by atoms with Gasteiger partial charge in [-0.15, -0.1) is 0 Å². The molecular weight excluding hydrogens is 351 g/mol. The number of non-ortho nitro benzene ring substituents is 1. The number of nitro groups is 1. The zero-order valence-corrected chi connectivity index (χ0v) is 13.9. The van der Waals surface area contributed by atoms with Crippen LogP contribution >= 0.6 is 0 Å². The van der Waals surface area contributed by atoms with Crippen molar-refractivity contribution >= 4 is 17.3 Å². The van der Waals surface area contributed by atoms with Crippen LogP contribution in [0.25, 0.3) is 0 Å². The Hall–Kier alpha value is -3.10. The third-order valence-electron chi connectivity index (χ3n) is 3.79. The maximum Gasteiger partial charge on any atom is 0.416 e. The van der Waals surface area contributed by atoms with Crippen LogP contribution < -0.4 is 10.6 Å². The van der Waals surface area contributed by atoms with E-state index in [9.17, 15) is 28.1 Å². The molecule has 0 aliphatic carbocycles. The smallest absolute Gasteiger partial charge is 0.387 e. The van der Waals surface area contributed by atoms with Crippen molar-refractivity contribution in [2.45, 2.75) is 19.1 Å². The summed E-state index contributed by atoms with van der Waals surface area (Å²) in [4.78, 5) is 22.7. The molecular formula is C17H16F3N3O3. The number of nitrogens with zero attached hydrogens (tertiary/aromatic N) is 1. The average molecular weight is 367 g/mol. The summed E-state index contributed by atoms with van der Waals surface area (Å²) in [5, 5.41) is 16.2. The molecule has 0 heterocycles. The van der Waals surface area contributed by atoms with E-state index in [0.29, 0.717) is 5.69 Å². The molecule has 26 heavy (non-hydrogen) atoms. The first-order valence-corrected chi connectivity index (χ1v) is 7.57. The highest BCUT2D eigenvalue weighted by Crippen LogP contribution is 2.31. The molecule has 0 saturated carbocycles. The molecule has 2 aromatic carbocycles. The molecule has 138 valence electrons. The van der Waals surface area contributed by atoms with E-state index in [1.807, 2.05) is 0 Å². The molecule has 2 aromatic rings. The van der Waals surface area contributed by atoms with Crippen molar-refractivity contribution in [3.8, 4) is 0 Å². The molecule has 0 radical (unpaired) electrons. The predicted octanol–water partition coefficient (Wildman–Crippen LogP) is 4.15. The van der Waals surface area contributed by atoms with Gasteiger partial charge >= 0.3 is 6.18 Å². The molecule has 0 aliphatic rings.